The van der Waals surface area contributed by atoms with Crippen LogP contribution in [-0.2, 0) is 16.0 Å². The average Bonchev–Trinajstić information content (AvgIpc) is 2.56. The molecule has 0 spiro atoms. The topological polar surface area (TPSA) is 128 Å². The summed E-state index contributed by atoms with van der Waals surface area (Å²) in [6.07, 6.45) is 0.821. The molecule has 2 aromatic carbocycles. The highest BCUT2D eigenvalue weighted by molar-refractivity contribution is 5.89. The molecule has 0 aromatic heterocycles. The van der Waals surface area contributed by atoms with Crippen molar-refractivity contribution in [2.45, 2.75) is 13.3 Å². The van der Waals surface area contributed by atoms with Gasteiger partial charge < -0.3 is 21.3 Å². The van der Waals surface area contributed by atoms with E-state index in [-0.39, 0.29) is 18.5 Å². The van der Waals surface area contributed by atoms with Crippen LogP contribution in [0.3, 0.4) is 0 Å². The van der Waals surface area contributed by atoms with Gasteiger partial charge in [0.05, 0.1) is 13.5 Å². The molecule has 0 saturated carbocycles. The van der Waals surface area contributed by atoms with E-state index < -0.39 is 5.97 Å². The van der Waals surface area contributed by atoms with Gasteiger partial charge in [-0.05, 0) is 42.0 Å². The van der Waals surface area contributed by atoms with E-state index in [2.05, 4.69) is 5.32 Å². The number of aldehydes is 1. The highest BCUT2D eigenvalue weighted by Crippen LogP contribution is 2.11. The van der Waals surface area contributed by atoms with Crippen LogP contribution in [0.1, 0.15) is 22.8 Å². The van der Waals surface area contributed by atoms with Gasteiger partial charge in [-0.3, -0.25) is 14.4 Å². The lowest BCUT2D eigenvalue weighted by Crippen LogP contribution is -2.05. The number of hydrogen-bond acceptors (Lipinski definition) is 5. The minimum absolute atomic E-state index is 0. The number of anilines is 1. The number of carboxylic acids is 1. The molecule has 2 rings (SSSR count). The standard InChI is InChI=1S/C9H9NO2.C9H10O3.H3N/c1-7(12)10-9-4-2-8(6-11)3-5-9;1-12-8-4-2-7(3-5-8)6-9(10)11;/h2-6H,1H3,(H,10,12);2-5H,6H2,1H3,(H,10,11);1H3. The molecule has 0 bridgehead atoms. The zero-order valence-electron chi connectivity index (χ0n) is 14.2. The van der Waals surface area contributed by atoms with Gasteiger partial charge in [0.1, 0.15) is 12.0 Å². The predicted molar refractivity (Wildman–Crippen MR) is 95.5 cm³/mol. The Morgan fingerprint density at radius 2 is 1.64 bits per heavy atom. The maximum atomic E-state index is 10.6. The molecular formula is C18H22N2O5. The number of benzene rings is 2. The van der Waals surface area contributed by atoms with E-state index in [1.807, 2.05) is 0 Å². The molecule has 1 amide bonds. The van der Waals surface area contributed by atoms with Crippen molar-refractivity contribution in [3.8, 4) is 5.75 Å². The fraction of sp³-hybridized carbons (Fsp3) is 0.167. The van der Waals surface area contributed by atoms with Crippen molar-refractivity contribution in [1.29, 1.82) is 0 Å². The zero-order valence-corrected chi connectivity index (χ0v) is 14.2. The van der Waals surface area contributed by atoms with Crippen molar-refractivity contribution in [2.75, 3.05) is 12.4 Å². The fourth-order valence-corrected chi connectivity index (χ4v) is 1.77. The normalized spacial score (nSPS) is 8.88. The van der Waals surface area contributed by atoms with Gasteiger partial charge in [-0.1, -0.05) is 12.1 Å². The molecule has 25 heavy (non-hydrogen) atoms. The van der Waals surface area contributed by atoms with Gasteiger partial charge in [-0.15, -0.1) is 0 Å². The maximum Gasteiger partial charge on any atom is 0.307 e. The first-order valence-corrected chi connectivity index (χ1v) is 7.12. The van der Waals surface area contributed by atoms with E-state index in [0.717, 1.165) is 17.6 Å². The molecule has 0 radical (unpaired) electrons. The first-order chi connectivity index (χ1) is 11.4. The summed E-state index contributed by atoms with van der Waals surface area (Å²) in [5.74, 6) is -0.196. The molecule has 5 N–H and O–H groups in total. The average molecular weight is 346 g/mol. The largest absolute Gasteiger partial charge is 0.497 e. The molecular weight excluding hydrogens is 324 g/mol. The Bertz CT molecular complexity index is 682. The molecule has 7 nitrogen and oxygen atoms in total. The number of nitrogens with one attached hydrogen (secondary N) is 1. The monoisotopic (exact) mass is 346 g/mol. The van der Waals surface area contributed by atoms with Crippen LogP contribution >= 0.6 is 0 Å². The van der Waals surface area contributed by atoms with Crippen LogP contribution in [0.15, 0.2) is 48.5 Å². The number of carboxylic acid groups (broad SMARTS) is 1. The third kappa shape index (κ3) is 8.87. The molecule has 0 atom stereocenters. The molecule has 0 unspecified atom stereocenters. The summed E-state index contributed by atoms with van der Waals surface area (Å²) in [6.45, 7) is 1.44. The molecule has 0 heterocycles. The van der Waals surface area contributed by atoms with Crippen LogP contribution in [0.5, 0.6) is 5.75 Å². The summed E-state index contributed by atoms with van der Waals surface area (Å²) >= 11 is 0. The summed E-state index contributed by atoms with van der Waals surface area (Å²) in [6, 6.07) is 13.7. The van der Waals surface area contributed by atoms with Gasteiger partial charge in [-0.2, -0.15) is 0 Å². The molecule has 0 aliphatic carbocycles. The fourth-order valence-electron chi connectivity index (χ4n) is 1.77. The van der Waals surface area contributed by atoms with E-state index in [1.165, 1.54) is 6.92 Å². The molecule has 134 valence electrons. The Hall–Kier alpha value is -3.19. The molecule has 0 saturated heterocycles. The van der Waals surface area contributed by atoms with Crippen molar-refractivity contribution >= 4 is 23.9 Å². The number of amides is 1. The second kappa shape index (κ2) is 11.4. The molecule has 0 aliphatic heterocycles. The number of aliphatic carboxylic acids is 1. The van der Waals surface area contributed by atoms with E-state index in [9.17, 15) is 14.4 Å². The third-order valence-corrected chi connectivity index (χ3v) is 2.88. The van der Waals surface area contributed by atoms with Gasteiger partial charge in [0.2, 0.25) is 5.91 Å². The quantitative estimate of drug-likeness (QED) is 0.714. The van der Waals surface area contributed by atoms with E-state index in [4.69, 9.17) is 9.84 Å². The summed E-state index contributed by atoms with van der Waals surface area (Å²) in [5, 5.41) is 11.1. The number of hydrogen-bond donors (Lipinski definition) is 3. The van der Waals surface area contributed by atoms with Crippen molar-refractivity contribution < 1.29 is 24.2 Å². The highest BCUT2D eigenvalue weighted by Gasteiger charge is 1.99. The number of ether oxygens (including phenoxy) is 1. The lowest BCUT2D eigenvalue weighted by atomic mass is 10.1. The Kier molecular flexibility index (Phi) is 9.91. The zero-order chi connectivity index (χ0) is 17.9. The van der Waals surface area contributed by atoms with E-state index in [1.54, 1.807) is 55.6 Å². The molecule has 0 fully saturated rings. The smallest absolute Gasteiger partial charge is 0.307 e. The highest BCUT2D eigenvalue weighted by atomic mass is 16.5. The summed E-state index contributed by atoms with van der Waals surface area (Å²) in [5.41, 5.74) is 2.08. The van der Waals surface area contributed by atoms with Crippen LogP contribution in [0, 0.1) is 0 Å². The van der Waals surface area contributed by atoms with Crippen molar-refractivity contribution in [3.63, 3.8) is 0 Å². The Balaban J connectivity index is 0.000000443. The maximum absolute atomic E-state index is 10.6. The van der Waals surface area contributed by atoms with E-state index in [0.29, 0.717) is 11.3 Å². The van der Waals surface area contributed by atoms with Gasteiger partial charge in [0, 0.05) is 18.2 Å². The second-order valence-corrected chi connectivity index (χ2v) is 4.84. The van der Waals surface area contributed by atoms with Crippen molar-refractivity contribution in [2.24, 2.45) is 0 Å². The lowest BCUT2D eigenvalue weighted by Gasteiger charge is -2.00. The minimum atomic E-state index is -0.819. The van der Waals surface area contributed by atoms with Crippen LogP contribution in [0.4, 0.5) is 5.69 Å². The van der Waals surface area contributed by atoms with Crippen molar-refractivity contribution in [3.05, 3.63) is 59.7 Å². The van der Waals surface area contributed by atoms with Gasteiger partial charge in [0.25, 0.3) is 0 Å². The summed E-state index contributed by atoms with van der Waals surface area (Å²) in [7, 11) is 1.58. The number of carbonyl (C=O) groups excluding carboxylic acids is 2. The Morgan fingerprint density at radius 1 is 1.08 bits per heavy atom. The number of carbonyl (C=O) groups is 3. The van der Waals surface area contributed by atoms with Crippen molar-refractivity contribution in [1.82, 2.24) is 6.15 Å². The molecule has 2 aromatic rings. The Morgan fingerprint density at radius 3 is 2.04 bits per heavy atom. The van der Waals surface area contributed by atoms with Gasteiger partial charge >= 0.3 is 5.97 Å². The van der Waals surface area contributed by atoms with Crippen LogP contribution < -0.4 is 16.2 Å². The van der Waals surface area contributed by atoms with Crippen LogP contribution in [-0.4, -0.2) is 30.4 Å². The summed E-state index contributed by atoms with van der Waals surface area (Å²) in [4.78, 5) is 31.1. The molecule has 0 aliphatic rings. The lowest BCUT2D eigenvalue weighted by molar-refractivity contribution is -0.136. The SMILES string of the molecule is CC(=O)Nc1ccc(C=O)cc1.COc1ccc(CC(=O)O)cc1.N. The Labute approximate surface area is 146 Å². The second-order valence-electron chi connectivity index (χ2n) is 4.84. The number of rotatable bonds is 5. The van der Waals surface area contributed by atoms with Gasteiger partial charge in [-0.25, -0.2) is 0 Å². The molecule has 7 heteroatoms. The number of methoxy groups -OCH3 is 1. The van der Waals surface area contributed by atoms with E-state index >= 15 is 0 Å². The minimum Gasteiger partial charge on any atom is -0.497 e. The van der Waals surface area contributed by atoms with Crippen LogP contribution in [0.2, 0.25) is 0 Å². The first-order valence-electron chi connectivity index (χ1n) is 7.12. The van der Waals surface area contributed by atoms with Crippen LogP contribution in [0.25, 0.3) is 0 Å². The predicted octanol–water partition coefficient (Wildman–Crippen LogP) is 2.94. The van der Waals surface area contributed by atoms with Gasteiger partial charge in [0.15, 0.2) is 0 Å². The first kappa shape index (κ1) is 21.8. The third-order valence-electron chi connectivity index (χ3n) is 2.88. The summed E-state index contributed by atoms with van der Waals surface area (Å²) < 4.78 is 4.93.